The molecule has 1 aromatic carbocycles. The monoisotopic (exact) mass is 286 g/mol. The molecule has 2 N–H and O–H groups in total. The summed E-state index contributed by atoms with van der Waals surface area (Å²) in [6, 6.07) is 4.22. The average Bonchev–Trinajstić information content (AvgIpc) is 2.36. The van der Waals surface area contributed by atoms with E-state index in [0.717, 1.165) is 0 Å². The maximum absolute atomic E-state index is 13.6. The van der Waals surface area contributed by atoms with Gasteiger partial charge in [-0.2, -0.15) is 0 Å². The Morgan fingerprint density at radius 1 is 1.37 bits per heavy atom. The summed E-state index contributed by atoms with van der Waals surface area (Å²) in [6.45, 7) is 2.62. The van der Waals surface area contributed by atoms with Crippen LogP contribution in [0.15, 0.2) is 18.2 Å². The van der Waals surface area contributed by atoms with Gasteiger partial charge in [0.1, 0.15) is 5.82 Å². The molecule has 5 nitrogen and oxygen atoms in total. The van der Waals surface area contributed by atoms with Gasteiger partial charge >= 0.3 is 0 Å². The molecular weight excluding hydrogens is 271 g/mol. The van der Waals surface area contributed by atoms with Crippen LogP contribution in [0.3, 0.4) is 0 Å². The molecule has 0 atom stereocenters. The van der Waals surface area contributed by atoms with E-state index in [0.29, 0.717) is 9.87 Å². The minimum absolute atomic E-state index is 0.148. The summed E-state index contributed by atoms with van der Waals surface area (Å²) in [5.41, 5.74) is 6.28. The molecule has 0 spiro atoms. The maximum atomic E-state index is 13.6. The molecule has 2 rings (SSSR count). The van der Waals surface area contributed by atoms with Crippen molar-refractivity contribution in [2.75, 3.05) is 0 Å². The van der Waals surface area contributed by atoms with Crippen molar-refractivity contribution in [3.05, 3.63) is 35.1 Å². The van der Waals surface area contributed by atoms with Gasteiger partial charge in [0.2, 0.25) is 0 Å². The third-order valence-electron chi connectivity index (χ3n) is 3.34. The number of hydrogen-bond acceptors (Lipinski definition) is 4. The number of carbonyl (C=O) groups excluding carboxylic acids is 1. The number of amides is 1. The molecular formula is C12H15FN2O3S. The topological polar surface area (TPSA) is 80.5 Å². The van der Waals surface area contributed by atoms with Crippen LogP contribution in [0.2, 0.25) is 0 Å². The number of hydrogen-bond donors (Lipinski definition) is 1. The van der Waals surface area contributed by atoms with Gasteiger partial charge in [0, 0.05) is 12.1 Å². The lowest BCUT2D eigenvalue weighted by Gasteiger charge is -2.43. The second kappa shape index (κ2) is 4.28. The fraction of sp³-hybridized carbons (Fsp3) is 0.417. The Morgan fingerprint density at radius 3 is 2.53 bits per heavy atom. The Kier molecular flexibility index (Phi) is 3.14. The first-order valence-corrected chi connectivity index (χ1v) is 7.20. The lowest BCUT2D eigenvalue weighted by Crippen LogP contribution is -2.66. The number of carbonyl (C=O) groups is 1. The van der Waals surface area contributed by atoms with Crippen LogP contribution in [0.4, 0.5) is 4.39 Å². The van der Waals surface area contributed by atoms with Crippen molar-refractivity contribution in [1.82, 2.24) is 4.31 Å². The van der Waals surface area contributed by atoms with Crippen molar-refractivity contribution in [1.29, 1.82) is 0 Å². The Morgan fingerprint density at radius 2 is 2.00 bits per heavy atom. The van der Waals surface area contributed by atoms with E-state index < -0.39 is 26.5 Å². The Balaban J connectivity index is 2.31. The van der Waals surface area contributed by atoms with Crippen LogP contribution in [-0.2, 0) is 27.9 Å². The van der Waals surface area contributed by atoms with Crippen molar-refractivity contribution in [3.8, 4) is 0 Å². The third-order valence-corrected chi connectivity index (χ3v) is 5.68. The molecule has 0 radical (unpaired) electrons. The summed E-state index contributed by atoms with van der Waals surface area (Å²) in [4.78, 5) is 11.8. The van der Waals surface area contributed by atoms with E-state index in [1.807, 2.05) is 0 Å². The lowest BCUT2D eigenvalue weighted by atomic mass is 10.1. The SMILES string of the molecule is CC1(C)C(=O)N(Cc2cc(CN)ccc2F)S1(=O)=O. The number of nitrogens with zero attached hydrogens (tertiary/aromatic N) is 1. The summed E-state index contributed by atoms with van der Waals surface area (Å²) in [7, 11) is -3.70. The van der Waals surface area contributed by atoms with Crippen LogP contribution in [0, 0.1) is 5.82 Å². The number of sulfonamides is 1. The molecule has 0 aliphatic carbocycles. The van der Waals surface area contributed by atoms with Crippen LogP contribution in [-0.4, -0.2) is 23.4 Å². The second-order valence-electron chi connectivity index (χ2n) is 4.96. The van der Waals surface area contributed by atoms with E-state index in [9.17, 15) is 17.6 Å². The molecule has 1 amide bonds. The summed E-state index contributed by atoms with van der Waals surface area (Å²) >= 11 is 0. The van der Waals surface area contributed by atoms with Gasteiger partial charge in [0.15, 0.2) is 4.75 Å². The van der Waals surface area contributed by atoms with Crippen LogP contribution in [0.25, 0.3) is 0 Å². The molecule has 0 aromatic heterocycles. The molecule has 1 aliphatic heterocycles. The Hall–Kier alpha value is -1.47. The first-order chi connectivity index (χ1) is 8.71. The number of halogens is 1. The van der Waals surface area contributed by atoms with Gasteiger partial charge < -0.3 is 5.73 Å². The average molecular weight is 286 g/mol. The molecule has 7 heteroatoms. The third kappa shape index (κ3) is 1.93. The second-order valence-corrected chi connectivity index (χ2v) is 7.37. The quantitative estimate of drug-likeness (QED) is 0.888. The summed E-state index contributed by atoms with van der Waals surface area (Å²) in [5, 5.41) is 0. The fourth-order valence-corrected chi connectivity index (χ4v) is 3.45. The lowest BCUT2D eigenvalue weighted by molar-refractivity contribution is -0.132. The van der Waals surface area contributed by atoms with Crippen LogP contribution >= 0.6 is 0 Å². The van der Waals surface area contributed by atoms with Gasteiger partial charge in [-0.25, -0.2) is 17.1 Å². The van der Waals surface area contributed by atoms with Crippen molar-refractivity contribution in [2.45, 2.75) is 31.7 Å². The molecule has 0 saturated carbocycles. The number of benzene rings is 1. The van der Waals surface area contributed by atoms with Crippen molar-refractivity contribution < 1.29 is 17.6 Å². The zero-order chi connectivity index (χ0) is 14.4. The summed E-state index contributed by atoms with van der Waals surface area (Å²) in [5.74, 6) is -1.07. The van der Waals surface area contributed by atoms with Crippen molar-refractivity contribution >= 4 is 15.9 Å². The van der Waals surface area contributed by atoms with Crippen molar-refractivity contribution in [2.24, 2.45) is 5.73 Å². The van der Waals surface area contributed by atoms with E-state index in [2.05, 4.69) is 0 Å². The first-order valence-electron chi connectivity index (χ1n) is 5.76. The van der Waals surface area contributed by atoms with E-state index in [-0.39, 0.29) is 18.7 Å². The fourth-order valence-electron chi connectivity index (χ4n) is 1.94. The molecule has 0 unspecified atom stereocenters. The van der Waals surface area contributed by atoms with Gasteiger partial charge in [0.05, 0.1) is 6.54 Å². The smallest absolute Gasteiger partial charge is 0.259 e. The van der Waals surface area contributed by atoms with Crippen LogP contribution in [0.1, 0.15) is 25.0 Å². The Bertz CT molecular complexity index is 640. The summed E-state index contributed by atoms with van der Waals surface area (Å²) in [6.07, 6.45) is 0. The number of nitrogens with two attached hydrogens (primary N) is 1. The predicted octanol–water partition coefficient (Wildman–Crippen LogP) is 0.735. The normalized spacial score (nSPS) is 20.2. The van der Waals surface area contributed by atoms with E-state index in [4.69, 9.17) is 5.73 Å². The first kappa shape index (κ1) is 14.0. The van der Waals surface area contributed by atoms with E-state index in [1.54, 1.807) is 0 Å². The van der Waals surface area contributed by atoms with Crippen molar-refractivity contribution in [3.63, 3.8) is 0 Å². The molecule has 1 aromatic rings. The van der Waals surface area contributed by atoms with Gasteiger partial charge in [0.25, 0.3) is 15.9 Å². The molecule has 1 saturated heterocycles. The molecule has 1 aliphatic rings. The van der Waals surface area contributed by atoms with Crippen LogP contribution < -0.4 is 5.73 Å². The molecule has 104 valence electrons. The Labute approximate surface area is 111 Å². The maximum Gasteiger partial charge on any atom is 0.259 e. The molecule has 1 heterocycles. The molecule has 19 heavy (non-hydrogen) atoms. The highest BCUT2D eigenvalue weighted by Crippen LogP contribution is 2.36. The largest absolute Gasteiger partial charge is 0.326 e. The minimum Gasteiger partial charge on any atom is -0.326 e. The number of rotatable bonds is 3. The van der Waals surface area contributed by atoms with E-state index >= 15 is 0 Å². The minimum atomic E-state index is -3.70. The van der Waals surface area contributed by atoms with Gasteiger partial charge in [-0.1, -0.05) is 6.07 Å². The summed E-state index contributed by atoms with van der Waals surface area (Å²) < 4.78 is 36.7. The van der Waals surface area contributed by atoms with E-state index in [1.165, 1.54) is 32.0 Å². The highest BCUT2D eigenvalue weighted by Gasteiger charge is 2.60. The zero-order valence-electron chi connectivity index (χ0n) is 10.7. The highest BCUT2D eigenvalue weighted by atomic mass is 32.2. The molecule has 1 fully saturated rings. The van der Waals surface area contributed by atoms with Crippen LogP contribution in [0.5, 0.6) is 0 Å². The van der Waals surface area contributed by atoms with Gasteiger partial charge in [-0.3, -0.25) is 4.79 Å². The zero-order valence-corrected chi connectivity index (χ0v) is 11.5. The van der Waals surface area contributed by atoms with Gasteiger partial charge in [-0.05, 0) is 31.5 Å². The molecule has 0 bridgehead atoms. The van der Waals surface area contributed by atoms with Gasteiger partial charge in [-0.15, -0.1) is 0 Å². The predicted molar refractivity (Wildman–Crippen MR) is 67.8 cm³/mol. The standard InChI is InChI=1S/C12H15FN2O3S/c1-12(2)11(16)15(19(12,17)18)7-9-5-8(6-14)3-4-10(9)13/h3-5H,6-7,14H2,1-2H3. The highest BCUT2D eigenvalue weighted by molar-refractivity contribution is 7.94.